The van der Waals surface area contributed by atoms with Gasteiger partial charge in [0.25, 0.3) is 11.6 Å². The van der Waals surface area contributed by atoms with Gasteiger partial charge in [0.05, 0.1) is 23.7 Å². The first-order valence-corrected chi connectivity index (χ1v) is 7.46. The Morgan fingerprint density at radius 3 is 2.57 bits per heavy atom. The standard InChI is InChI=1S/C15H19N3O5/c1-10-2-3-12(18(22)23)8-13(10)16-14(19)9-17-6-4-11(5-7-17)15(20)21/h2-3,8,11H,4-7,9H2,1H3,(H,16,19)(H,20,21). The number of nitro benzene ring substituents is 1. The van der Waals surface area contributed by atoms with E-state index in [4.69, 9.17) is 0 Å². The van der Waals surface area contributed by atoms with Gasteiger partial charge in [-0.15, -0.1) is 0 Å². The summed E-state index contributed by atoms with van der Waals surface area (Å²) < 4.78 is 0. The average Bonchev–Trinajstić information content (AvgIpc) is 2.49. The number of rotatable bonds is 5. The van der Waals surface area contributed by atoms with Crippen LogP contribution in [0.2, 0.25) is 0 Å². The van der Waals surface area contributed by atoms with Gasteiger partial charge in [-0.05, 0) is 12.5 Å². The maximum Gasteiger partial charge on any atom is 0.279 e. The van der Waals surface area contributed by atoms with E-state index in [2.05, 4.69) is 5.32 Å². The predicted molar refractivity (Wildman–Crippen MR) is 79.8 cm³/mol. The molecule has 1 heterocycles. The summed E-state index contributed by atoms with van der Waals surface area (Å²) in [5.41, 5.74) is 1.09. The molecule has 0 spiro atoms. The number of carbonyl (C=O) groups excluding carboxylic acids is 2. The molecule has 1 fully saturated rings. The van der Waals surface area contributed by atoms with Crippen LogP contribution in [-0.2, 0) is 9.59 Å². The fraction of sp³-hybridized carbons (Fsp3) is 0.467. The Bertz CT molecular complexity index is 624. The number of non-ortho nitro benzene ring substituents is 1. The molecule has 1 aliphatic rings. The van der Waals surface area contributed by atoms with Gasteiger partial charge in [0.2, 0.25) is 0 Å². The van der Waals surface area contributed by atoms with E-state index in [-0.39, 0.29) is 18.1 Å². The van der Waals surface area contributed by atoms with Gasteiger partial charge < -0.3 is 20.1 Å². The summed E-state index contributed by atoms with van der Waals surface area (Å²) in [6.45, 7) is 3.17. The number of anilines is 1. The summed E-state index contributed by atoms with van der Waals surface area (Å²) in [4.78, 5) is 34.2. The van der Waals surface area contributed by atoms with E-state index >= 15 is 0 Å². The number of carboxylic acids is 1. The second kappa shape index (κ2) is 7.19. The van der Waals surface area contributed by atoms with E-state index in [0.717, 1.165) is 10.5 Å². The van der Waals surface area contributed by atoms with E-state index in [1.807, 2.05) is 0 Å². The van der Waals surface area contributed by atoms with Crippen LogP contribution in [0.15, 0.2) is 18.2 Å². The topological polar surface area (TPSA) is 117 Å². The highest BCUT2D eigenvalue weighted by molar-refractivity contribution is 5.92. The second-order valence-corrected chi connectivity index (χ2v) is 5.82. The number of likely N-dealkylation sites (tertiary alicyclic amines) is 1. The number of piperidine rings is 1. The molecule has 0 aromatic heterocycles. The van der Waals surface area contributed by atoms with Crippen LogP contribution in [0.25, 0.3) is 0 Å². The van der Waals surface area contributed by atoms with Crippen LogP contribution in [0.5, 0.6) is 0 Å². The number of quaternary nitrogens is 1. The Hall–Kier alpha value is -2.48. The van der Waals surface area contributed by atoms with Gasteiger partial charge >= 0.3 is 0 Å². The highest BCUT2D eigenvalue weighted by Gasteiger charge is 2.24. The largest absolute Gasteiger partial charge is 0.550 e. The van der Waals surface area contributed by atoms with Crippen LogP contribution in [-0.4, -0.2) is 36.4 Å². The van der Waals surface area contributed by atoms with Crippen molar-refractivity contribution < 1.29 is 24.5 Å². The summed E-state index contributed by atoms with van der Waals surface area (Å²) in [6.07, 6.45) is 1.00. The highest BCUT2D eigenvalue weighted by atomic mass is 16.6. The monoisotopic (exact) mass is 321 g/mol. The third-order valence-corrected chi connectivity index (χ3v) is 4.14. The molecule has 0 aliphatic carbocycles. The number of nitrogens with zero attached hydrogens (tertiary/aromatic N) is 1. The highest BCUT2D eigenvalue weighted by Crippen LogP contribution is 2.21. The number of aliphatic carboxylic acids is 1. The lowest BCUT2D eigenvalue weighted by molar-refractivity contribution is -0.897. The van der Waals surface area contributed by atoms with E-state index in [1.54, 1.807) is 13.0 Å². The lowest BCUT2D eigenvalue weighted by Crippen LogP contribution is -3.14. The Labute approximate surface area is 133 Å². The predicted octanol–water partition coefficient (Wildman–Crippen LogP) is -1.11. The fourth-order valence-corrected chi connectivity index (χ4v) is 2.72. The van der Waals surface area contributed by atoms with Crippen LogP contribution in [0.3, 0.4) is 0 Å². The zero-order valence-corrected chi connectivity index (χ0v) is 12.8. The molecule has 0 radical (unpaired) electrons. The number of hydrogen-bond acceptors (Lipinski definition) is 5. The number of carboxylic acid groups (broad SMARTS) is 1. The van der Waals surface area contributed by atoms with E-state index in [9.17, 15) is 24.8 Å². The van der Waals surface area contributed by atoms with Crippen molar-refractivity contribution in [3.63, 3.8) is 0 Å². The summed E-state index contributed by atoms with van der Waals surface area (Å²) in [7, 11) is 0. The van der Waals surface area contributed by atoms with Crippen LogP contribution >= 0.6 is 0 Å². The minimum absolute atomic E-state index is 0.0759. The number of amides is 1. The third-order valence-electron chi connectivity index (χ3n) is 4.14. The Morgan fingerprint density at radius 2 is 2.00 bits per heavy atom. The average molecular weight is 321 g/mol. The van der Waals surface area contributed by atoms with Crippen LogP contribution in [0, 0.1) is 23.0 Å². The van der Waals surface area contributed by atoms with Gasteiger partial charge in [0, 0.05) is 36.9 Å². The molecule has 1 saturated heterocycles. The van der Waals surface area contributed by atoms with E-state index < -0.39 is 16.8 Å². The third kappa shape index (κ3) is 4.49. The molecule has 0 bridgehead atoms. The molecule has 2 rings (SSSR count). The normalized spacial score (nSPS) is 20.7. The molecule has 1 aliphatic heterocycles. The molecule has 0 atom stereocenters. The minimum atomic E-state index is -1.03. The molecule has 0 unspecified atom stereocenters. The van der Waals surface area contributed by atoms with Crippen molar-refractivity contribution >= 4 is 23.3 Å². The van der Waals surface area contributed by atoms with Crippen molar-refractivity contribution in [2.45, 2.75) is 19.8 Å². The van der Waals surface area contributed by atoms with Crippen molar-refractivity contribution in [3.05, 3.63) is 33.9 Å². The molecule has 0 saturated carbocycles. The smallest absolute Gasteiger partial charge is 0.279 e. The van der Waals surface area contributed by atoms with E-state index in [1.165, 1.54) is 12.1 Å². The first-order chi connectivity index (χ1) is 10.9. The Balaban J connectivity index is 1.92. The molecule has 1 amide bonds. The zero-order chi connectivity index (χ0) is 17.0. The molecule has 23 heavy (non-hydrogen) atoms. The van der Waals surface area contributed by atoms with Gasteiger partial charge in [0.15, 0.2) is 6.54 Å². The number of nitrogens with one attached hydrogen (secondary N) is 2. The number of nitro groups is 1. The maximum absolute atomic E-state index is 12.1. The minimum Gasteiger partial charge on any atom is -0.550 e. The van der Waals surface area contributed by atoms with Crippen LogP contribution < -0.4 is 15.3 Å². The molecule has 8 heteroatoms. The number of carbonyl (C=O) groups is 2. The SMILES string of the molecule is Cc1ccc([N+](=O)[O-])cc1NC(=O)C[NH+]1CCC(C(=O)[O-])CC1. The van der Waals surface area contributed by atoms with Crippen LogP contribution in [0.1, 0.15) is 18.4 Å². The molecular weight excluding hydrogens is 302 g/mol. The molecule has 2 N–H and O–H groups in total. The quantitative estimate of drug-likeness (QED) is 0.527. The summed E-state index contributed by atoms with van der Waals surface area (Å²) in [6, 6.07) is 4.32. The summed E-state index contributed by atoms with van der Waals surface area (Å²) >= 11 is 0. The van der Waals surface area contributed by atoms with Crippen molar-refractivity contribution in [2.75, 3.05) is 25.0 Å². The van der Waals surface area contributed by atoms with Gasteiger partial charge in [-0.25, -0.2) is 0 Å². The first-order valence-electron chi connectivity index (χ1n) is 7.46. The number of benzene rings is 1. The summed E-state index contributed by atoms with van der Waals surface area (Å²) in [5, 5.41) is 24.3. The molecular formula is C15H19N3O5. The summed E-state index contributed by atoms with van der Waals surface area (Å²) in [5.74, 6) is -1.70. The molecule has 8 nitrogen and oxygen atoms in total. The number of aryl methyl sites for hydroxylation is 1. The van der Waals surface area contributed by atoms with Crippen molar-refractivity contribution in [2.24, 2.45) is 5.92 Å². The fourth-order valence-electron chi connectivity index (χ4n) is 2.72. The maximum atomic E-state index is 12.1. The number of hydrogen-bond donors (Lipinski definition) is 2. The second-order valence-electron chi connectivity index (χ2n) is 5.82. The van der Waals surface area contributed by atoms with Crippen molar-refractivity contribution in [3.8, 4) is 0 Å². The zero-order valence-electron chi connectivity index (χ0n) is 12.8. The lowest BCUT2D eigenvalue weighted by Gasteiger charge is -2.29. The Kier molecular flexibility index (Phi) is 5.28. The van der Waals surface area contributed by atoms with E-state index in [0.29, 0.717) is 31.6 Å². The van der Waals surface area contributed by atoms with Crippen molar-refractivity contribution in [1.82, 2.24) is 0 Å². The molecule has 124 valence electrons. The van der Waals surface area contributed by atoms with Gasteiger partial charge in [-0.1, -0.05) is 6.07 Å². The van der Waals surface area contributed by atoms with Crippen LogP contribution in [0.4, 0.5) is 11.4 Å². The Morgan fingerprint density at radius 1 is 1.35 bits per heavy atom. The van der Waals surface area contributed by atoms with Crippen molar-refractivity contribution in [1.29, 1.82) is 0 Å². The first kappa shape index (κ1) is 16.9. The molecule has 1 aromatic carbocycles. The van der Waals surface area contributed by atoms with Gasteiger partial charge in [-0.3, -0.25) is 14.9 Å². The lowest BCUT2D eigenvalue weighted by atomic mass is 9.97. The molecule has 1 aromatic rings. The van der Waals surface area contributed by atoms with Gasteiger partial charge in [-0.2, -0.15) is 0 Å². The van der Waals surface area contributed by atoms with Gasteiger partial charge in [0.1, 0.15) is 0 Å².